The number of fused-ring (bicyclic) bond motifs is 4. The Balaban J connectivity index is 0.925. The first-order valence-corrected chi connectivity index (χ1v) is 19.6. The van der Waals surface area contributed by atoms with Crippen LogP contribution in [-0.4, -0.2) is 46.8 Å². The second-order valence-electron chi connectivity index (χ2n) is 13.9. The molecule has 0 atom stereocenters. The Kier molecular flexibility index (Phi) is 9.62. The molecule has 0 fully saturated rings. The molecule has 0 radical (unpaired) electrons. The molecule has 0 saturated heterocycles. The molecule has 4 N–H and O–H groups in total. The van der Waals surface area contributed by atoms with Crippen LogP contribution in [0.5, 0.6) is 0 Å². The van der Waals surface area contributed by atoms with Crippen LogP contribution in [0.25, 0.3) is 0 Å². The van der Waals surface area contributed by atoms with Gasteiger partial charge in [-0.15, -0.1) is 11.3 Å². The van der Waals surface area contributed by atoms with Crippen LogP contribution in [0, 0.1) is 0 Å². The third kappa shape index (κ3) is 6.80. The van der Waals surface area contributed by atoms with Crippen molar-refractivity contribution in [3.05, 3.63) is 211 Å². The van der Waals surface area contributed by atoms with Crippen molar-refractivity contribution in [2.75, 3.05) is 21.3 Å². The van der Waals surface area contributed by atoms with Crippen molar-refractivity contribution in [1.29, 1.82) is 0 Å². The smallest absolute Gasteiger partial charge is 0.265 e. The Labute approximate surface area is 350 Å². The predicted molar refractivity (Wildman–Crippen MR) is 229 cm³/mol. The van der Waals surface area contributed by atoms with E-state index in [1.807, 2.05) is 0 Å². The zero-order valence-electron chi connectivity index (χ0n) is 31.5. The fourth-order valence-electron chi connectivity index (χ4n) is 7.42. The molecule has 6 aromatic carbocycles. The number of hydrogen-bond acceptors (Lipinski definition) is 9. The van der Waals surface area contributed by atoms with E-state index in [0.717, 1.165) is 11.3 Å². The monoisotopic (exact) mass is 820 g/mol. The van der Waals surface area contributed by atoms with E-state index in [-0.39, 0.29) is 77.0 Å². The van der Waals surface area contributed by atoms with Crippen LogP contribution >= 0.6 is 11.3 Å². The first-order valence-electron chi connectivity index (χ1n) is 18.7. The minimum absolute atomic E-state index is 0.0188. The molecule has 1 heterocycles. The highest BCUT2D eigenvalue weighted by molar-refractivity contribution is 7.16. The lowest BCUT2D eigenvalue weighted by Gasteiger charge is -2.22. The normalized spacial score (nSPS) is 12.3. The third-order valence-corrected chi connectivity index (χ3v) is 11.3. The highest BCUT2D eigenvalue weighted by Gasteiger charge is 2.36. The van der Waals surface area contributed by atoms with Gasteiger partial charge in [0, 0.05) is 33.4 Å². The van der Waals surface area contributed by atoms with Gasteiger partial charge >= 0.3 is 0 Å². The molecule has 0 bridgehead atoms. The standard InChI is InChI=1S/C48H28N4O8S/c53-41-29-17-9-21-33(39(29)43(55)27-15-7-19-31(37(27)41)49-45(57)25-11-3-1-4-12-25)51-47(59)35-23-24-36(61-35)48(60)52-34-22-10-18-30-40(34)44(56)28-16-8-20-32(38(28)42(30)54)50-46(58)26-13-5-2-6-14-26/h1-24H,(H,49,57)(H,50,58)(H,51,59)(H,52,60). The molecule has 1 aromatic heterocycles. The van der Waals surface area contributed by atoms with Crippen LogP contribution in [0.1, 0.15) is 104 Å². The molecule has 9 rings (SSSR count). The minimum atomic E-state index is -0.656. The van der Waals surface area contributed by atoms with Crippen molar-refractivity contribution in [1.82, 2.24) is 0 Å². The first kappa shape index (κ1) is 38.1. The summed E-state index contributed by atoms with van der Waals surface area (Å²) in [6.45, 7) is 0. The highest BCUT2D eigenvalue weighted by atomic mass is 32.1. The zero-order valence-corrected chi connectivity index (χ0v) is 32.3. The van der Waals surface area contributed by atoms with E-state index >= 15 is 0 Å². The summed E-state index contributed by atoms with van der Waals surface area (Å²) in [5.74, 6) is -4.31. The van der Waals surface area contributed by atoms with Gasteiger partial charge in [0.05, 0.1) is 54.8 Å². The number of amides is 4. The molecule has 7 aromatic rings. The number of anilines is 4. The largest absolute Gasteiger partial charge is 0.321 e. The Morgan fingerprint density at radius 1 is 0.311 bits per heavy atom. The van der Waals surface area contributed by atoms with Gasteiger partial charge in [-0.3, -0.25) is 38.4 Å². The third-order valence-electron chi connectivity index (χ3n) is 10.3. The number of nitrogens with one attached hydrogen (secondary N) is 4. The average molecular weight is 821 g/mol. The number of hydrogen-bond donors (Lipinski definition) is 4. The van der Waals surface area contributed by atoms with Crippen LogP contribution in [0.3, 0.4) is 0 Å². The van der Waals surface area contributed by atoms with E-state index in [2.05, 4.69) is 21.3 Å². The van der Waals surface area contributed by atoms with Gasteiger partial charge in [-0.05, 0) is 60.7 Å². The van der Waals surface area contributed by atoms with E-state index in [9.17, 15) is 38.4 Å². The van der Waals surface area contributed by atoms with Gasteiger partial charge in [-0.25, -0.2) is 0 Å². The Morgan fingerprint density at radius 2 is 0.590 bits per heavy atom. The van der Waals surface area contributed by atoms with Crippen LogP contribution in [0.2, 0.25) is 0 Å². The van der Waals surface area contributed by atoms with Gasteiger partial charge in [-0.1, -0.05) is 84.9 Å². The van der Waals surface area contributed by atoms with Crippen LogP contribution < -0.4 is 21.3 Å². The van der Waals surface area contributed by atoms with Crippen molar-refractivity contribution >= 4 is 80.8 Å². The summed E-state index contributed by atoms with van der Waals surface area (Å²) in [7, 11) is 0. The molecule has 61 heavy (non-hydrogen) atoms. The van der Waals surface area contributed by atoms with Crippen molar-refractivity contribution in [3.63, 3.8) is 0 Å². The number of ketones is 4. The molecule has 13 heteroatoms. The van der Waals surface area contributed by atoms with E-state index in [4.69, 9.17) is 0 Å². The number of benzene rings is 6. The van der Waals surface area contributed by atoms with Crippen LogP contribution in [-0.2, 0) is 0 Å². The summed E-state index contributed by atoms with van der Waals surface area (Å²) in [5, 5.41) is 10.9. The molecule has 0 unspecified atom stereocenters. The van der Waals surface area contributed by atoms with E-state index in [1.54, 1.807) is 84.9 Å². The van der Waals surface area contributed by atoms with Gasteiger partial charge in [0.1, 0.15) is 0 Å². The SMILES string of the molecule is O=C(Nc1cccc2c1C(=O)c1cccc(NC(=O)c3ccc(C(=O)Nc4cccc5c4C(=O)c4cccc(NC(=O)c6ccccc6)c4C5=O)s3)c1C2=O)c1ccccc1. The summed E-state index contributed by atoms with van der Waals surface area (Å²) < 4.78 is 0. The predicted octanol–water partition coefficient (Wildman–Crippen LogP) is 8.31. The lowest BCUT2D eigenvalue weighted by Crippen LogP contribution is -2.26. The van der Waals surface area contributed by atoms with Gasteiger partial charge in [0.15, 0.2) is 23.1 Å². The molecular formula is C48H28N4O8S. The number of thiophene rings is 1. The highest BCUT2D eigenvalue weighted by Crippen LogP contribution is 2.38. The summed E-state index contributed by atoms with van der Waals surface area (Å²) in [6.07, 6.45) is 0. The molecule has 2 aliphatic rings. The molecule has 0 saturated carbocycles. The minimum Gasteiger partial charge on any atom is -0.321 e. The second-order valence-corrected chi connectivity index (χ2v) is 15.0. The maximum atomic E-state index is 14.0. The van der Waals surface area contributed by atoms with Crippen molar-refractivity contribution in [3.8, 4) is 0 Å². The molecule has 12 nitrogen and oxygen atoms in total. The summed E-state index contributed by atoms with van der Waals surface area (Å²) in [6, 6.07) is 37.8. The Hall–Kier alpha value is -8.42. The van der Waals surface area contributed by atoms with E-state index in [0.29, 0.717) is 11.1 Å². The van der Waals surface area contributed by atoms with Crippen molar-refractivity contribution < 1.29 is 38.4 Å². The van der Waals surface area contributed by atoms with Gasteiger partial charge in [-0.2, -0.15) is 0 Å². The number of rotatable bonds is 8. The molecule has 0 spiro atoms. The van der Waals surface area contributed by atoms with Gasteiger partial charge in [0.25, 0.3) is 23.6 Å². The lowest BCUT2D eigenvalue weighted by molar-refractivity contribution is 0.0977. The fourth-order valence-corrected chi connectivity index (χ4v) is 8.21. The fraction of sp³-hybridized carbons (Fsp3) is 0. The van der Waals surface area contributed by atoms with E-state index in [1.165, 1.54) is 60.7 Å². The topological polar surface area (TPSA) is 185 Å². The Bertz CT molecular complexity index is 2880. The lowest BCUT2D eigenvalue weighted by atomic mass is 9.82. The maximum absolute atomic E-state index is 14.0. The molecule has 4 amide bonds. The molecule has 294 valence electrons. The van der Waals surface area contributed by atoms with Gasteiger partial charge in [0.2, 0.25) is 0 Å². The van der Waals surface area contributed by atoms with Gasteiger partial charge < -0.3 is 21.3 Å². The molecule has 0 aliphatic heterocycles. The summed E-state index contributed by atoms with van der Waals surface area (Å²) in [5.41, 5.74) is 1.46. The quantitative estimate of drug-likeness (QED) is 0.118. The summed E-state index contributed by atoms with van der Waals surface area (Å²) in [4.78, 5) is 109. The van der Waals surface area contributed by atoms with E-state index < -0.39 is 46.8 Å². The average Bonchev–Trinajstić information content (AvgIpc) is 3.79. The molecule has 2 aliphatic carbocycles. The van der Waals surface area contributed by atoms with Crippen molar-refractivity contribution in [2.24, 2.45) is 0 Å². The molecular weight excluding hydrogens is 793 g/mol. The number of carbonyl (C=O) groups is 8. The maximum Gasteiger partial charge on any atom is 0.265 e. The second kappa shape index (κ2) is 15.4. The first-order chi connectivity index (χ1) is 29.6. The number of carbonyl (C=O) groups excluding carboxylic acids is 8. The Morgan fingerprint density at radius 3 is 0.885 bits per heavy atom. The van der Waals surface area contributed by atoms with Crippen LogP contribution in [0.15, 0.2) is 146 Å². The zero-order chi connectivity index (χ0) is 42.4. The van der Waals surface area contributed by atoms with Crippen molar-refractivity contribution in [2.45, 2.75) is 0 Å². The van der Waals surface area contributed by atoms with Crippen LogP contribution in [0.4, 0.5) is 22.7 Å². The summed E-state index contributed by atoms with van der Waals surface area (Å²) >= 11 is 0.846.